The average Bonchev–Trinajstić information content (AvgIpc) is 3.08. The van der Waals surface area contributed by atoms with Gasteiger partial charge in [-0.3, -0.25) is 4.79 Å². The van der Waals surface area contributed by atoms with Gasteiger partial charge in [0.05, 0.1) is 5.75 Å². The number of aryl methyl sites for hydroxylation is 1. The largest absolute Gasteiger partial charge is 0.454 e. The van der Waals surface area contributed by atoms with Gasteiger partial charge in [-0.1, -0.05) is 30.3 Å². The van der Waals surface area contributed by atoms with Crippen molar-refractivity contribution in [3.63, 3.8) is 0 Å². The first kappa shape index (κ1) is 18.2. The zero-order valence-electron chi connectivity index (χ0n) is 14.1. The maximum Gasteiger partial charge on any atom is 0.231 e. The van der Waals surface area contributed by atoms with Crippen molar-refractivity contribution in [1.29, 1.82) is 0 Å². The maximum atomic E-state index is 12.0. The lowest BCUT2D eigenvalue weighted by atomic mass is 10.2. The van der Waals surface area contributed by atoms with Crippen LogP contribution in [0.15, 0.2) is 48.5 Å². The van der Waals surface area contributed by atoms with E-state index in [1.165, 1.54) is 0 Å². The number of hydrogen-bond donors (Lipinski definition) is 2. The Morgan fingerprint density at radius 3 is 2.62 bits per heavy atom. The van der Waals surface area contributed by atoms with E-state index in [2.05, 4.69) is 10.0 Å². The summed E-state index contributed by atoms with van der Waals surface area (Å²) < 4.78 is 36.9. The standard InChI is InChI=1S/C18H20N2O5S/c21-18(20-15-6-7-16-17(12-15)25-13-24-16)8-10-19-26(22,23)11-9-14-4-2-1-3-5-14/h1-7,12,19H,8-11,13H2,(H,20,21). The van der Waals surface area contributed by atoms with Crippen LogP contribution in [0.3, 0.4) is 0 Å². The van der Waals surface area contributed by atoms with Gasteiger partial charge in [-0.05, 0) is 24.1 Å². The molecule has 2 aromatic rings. The number of ether oxygens (including phenoxy) is 2. The molecule has 0 spiro atoms. The van der Waals surface area contributed by atoms with Crippen LogP contribution in [0.5, 0.6) is 11.5 Å². The van der Waals surface area contributed by atoms with E-state index in [0.29, 0.717) is 23.6 Å². The third kappa shape index (κ3) is 5.21. The molecule has 0 atom stereocenters. The molecule has 0 saturated heterocycles. The average molecular weight is 376 g/mol. The Morgan fingerprint density at radius 2 is 1.81 bits per heavy atom. The Hall–Kier alpha value is -2.58. The summed E-state index contributed by atoms with van der Waals surface area (Å²) in [4.78, 5) is 12.0. The number of benzene rings is 2. The van der Waals surface area contributed by atoms with Crippen molar-refractivity contribution in [1.82, 2.24) is 4.72 Å². The van der Waals surface area contributed by atoms with E-state index in [9.17, 15) is 13.2 Å². The topological polar surface area (TPSA) is 93.7 Å². The third-order valence-corrected chi connectivity index (χ3v) is 5.22. The molecule has 8 heteroatoms. The van der Waals surface area contributed by atoms with E-state index < -0.39 is 10.0 Å². The van der Waals surface area contributed by atoms with Gasteiger partial charge in [-0.25, -0.2) is 13.1 Å². The smallest absolute Gasteiger partial charge is 0.231 e. The Labute approximate surface area is 152 Å². The predicted molar refractivity (Wildman–Crippen MR) is 97.7 cm³/mol. The summed E-state index contributed by atoms with van der Waals surface area (Å²) in [7, 11) is -3.42. The van der Waals surface area contributed by atoms with Gasteiger partial charge in [-0.2, -0.15) is 0 Å². The summed E-state index contributed by atoms with van der Waals surface area (Å²) in [6, 6.07) is 14.5. The minimum Gasteiger partial charge on any atom is -0.454 e. The highest BCUT2D eigenvalue weighted by Crippen LogP contribution is 2.34. The molecule has 1 aliphatic heterocycles. The third-order valence-electron chi connectivity index (χ3n) is 3.83. The number of amides is 1. The highest BCUT2D eigenvalue weighted by molar-refractivity contribution is 7.89. The fourth-order valence-electron chi connectivity index (χ4n) is 2.49. The van der Waals surface area contributed by atoms with Crippen molar-refractivity contribution in [2.75, 3.05) is 24.4 Å². The molecule has 1 aliphatic rings. The lowest BCUT2D eigenvalue weighted by Crippen LogP contribution is -2.30. The number of nitrogens with one attached hydrogen (secondary N) is 2. The van der Waals surface area contributed by atoms with Crippen LogP contribution < -0.4 is 19.5 Å². The van der Waals surface area contributed by atoms with Gasteiger partial charge in [0.15, 0.2) is 11.5 Å². The number of carbonyl (C=O) groups is 1. The highest BCUT2D eigenvalue weighted by Gasteiger charge is 2.15. The van der Waals surface area contributed by atoms with Gasteiger partial charge in [0, 0.05) is 24.7 Å². The fourth-order valence-corrected chi connectivity index (χ4v) is 3.55. The van der Waals surface area contributed by atoms with Gasteiger partial charge < -0.3 is 14.8 Å². The summed E-state index contributed by atoms with van der Waals surface area (Å²) in [5.74, 6) is 0.911. The fraction of sp³-hybridized carbons (Fsp3) is 0.278. The second-order valence-electron chi connectivity index (χ2n) is 5.82. The number of anilines is 1. The number of sulfonamides is 1. The Morgan fingerprint density at radius 1 is 1.04 bits per heavy atom. The first-order chi connectivity index (χ1) is 12.5. The summed E-state index contributed by atoms with van der Waals surface area (Å²) in [6.45, 7) is 0.213. The van der Waals surface area contributed by atoms with Crippen molar-refractivity contribution >= 4 is 21.6 Å². The van der Waals surface area contributed by atoms with E-state index >= 15 is 0 Å². The summed E-state index contributed by atoms with van der Waals surface area (Å²) >= 11 is 0. The highest BCUT2D eigenvalue weighted by atomic mass is 32.2. The van der Waals surface area contributed by atoms with Gasteiger partial charge in [0.2, 0.25) is 22.7 Å². The Kier molecular flexibility index (Phi) is 5.75. The Balaban J connectivity index is 1.41. The number of carbonyl (C=O) groups excluding carboxylic acids is 1. The van der Waals surface area contributed by atoms with E-state index in [4.69, 9.17) is 9.47 Å². The molecule has 1 amide bonds. The zero-order valence-corrected chi connectivity index (χ0v) is 14.9. The molecule has 0 aromatic heterocycles. The molecule has 2 aromatic carbocycles. The summed E-state index contributed by atoms with van der Waals surface area (Å²) in [5, 5.41) is 2.71. The zero-order chi connectivity index (χ0) is 18.4. The molecule has 138 valence electrons. The molecular formula is C18H20N2O5S. The maximum absolute atomic E-state index is 12.0. The molecule has 0 bridgehead atoms. The van der Waals surface area contributed by atoms with Crippen LogP contribution in [0.25, 0.3) is 0 Å². The second-order valence-corrected chi connectivity index (χ2v) is 7.74. The SMILES string of the molecule is O=C(CCNS(=O)(=O)CCc1ccccc1)Nc1ccc2c(c1)OCO2. The molecule has 26 heavy (non-hydrogen) atoms. The van der Waals surface area contributed by atoms with Gasteiger partial charge in [0.25, 0.3) is 0 Å². The molecule has 2 N–H and O–H groups in total. The quantitative estimate of drug-likeness (QED) is 0.734. The Bertz CT molecular complexity index is 868. The molecule has 0 fully saturated rings. The van der Waals surface area contributed by atoms with Crippen LogP contribution in [0.1, 0.15) is 12.0 Å². The second kappa shape index (κ2) is 8.20. The van der Waals surface area contributed by atoms with Crippen molar-refractivity contribution < 1.29 is 22.7 Å². The van der Waals surface area contributed by atoms with Gasteiger partial charge in [-0.15, -0.1) is 0 Å². The molecule has 3 rings (SSSR count). The van der Waals surface area contributed by atoms with Crippen LogP contribution in [-0.2, 0) is 21.2 Å². The van der Waals surface area contributed by atoms with Gasteiger partial charge in [0.1, 0.15) is 0 Å². The number of fused-ring (bicyclic) bond motifs is 1. The molecule has 0 aliphatic carbocycles. The summed E-state index contributed by atoms with van der Waals surface area (Å²) in [5.41, 5.74) is 1.53. The first-order valence-electron chi connectivity index (χ1n) is 8.23. The molecule has 1 heterocycles. The van der Waals surface area contributed by atoms with E-state index in [0.717, 1.165) is 5.56 Å². The van der Waals surface area contributed by atoms with Crippen LogP contribution in [-0.4, -0.2) is 33.4 Å². The first-order valence-corrected chi connectivity index (χ1v) is 9.88. The minimum absolute atomic E-state index is 0.0131. The van der Waals surface area contributed by atoms with Crippen LogP contribution in [0, 0.1) is 0 Å². The molecule has 0 unspecified atom stereocenters. The predicted octanol–water partition coefficient (Wildman–Crippen LogP) is 1.91. The normalized spacial score (nSPS) is 12.8. The number of rotatable bonds is 8. The van der Waals surface area contributed by atoms with Crippen molar-refractivity contribution in [3.8, 4) is 11.5 Å². The van der Waals surface area contributed by atoms with Crippen LogP contribution in [0.4, 0.5) is 5.69 Å². The number of hydrogen-bond acceptors (Lipinski definition) is 5. The lowest BCUT2D eigenvalue weighted by Gasteiger charge is -2.08. The van der Waals surface area contributed by atoms with Crippen molar-refractivity contribution in [2.45, 2.75) is 12.8 Å². The minimum atomic E-state index is -3.42. The van der Waals surface area contributed by atoms with E-state index in [1.54, 1.807) is 18.2 Å². The van der Waals surface area contributed by atoms with Gasteiger partial charge >= 0.3 is 0 Å². The molecular weight excluding hydrogens is 356 g/mol. The van der Waals surface area contributed by atoms with Crippen LogP contribution in [0.2, 0.25) is 0 Å². The summed E-state index contributed by atoms with van der Waals surface area (Å²) in [6.07, 6.45) is 0.471. The van der Waals surface area contributed by atoms with Crippen molar-refractivity contribution in [2.24, 2.45) is 0 Å². The van der Waals surface area contributed by atoms with E-state index in [-0.39, 0.29) is 31.4 Å². The molecule has 0 radical (unpaired) electrons. The van der Waals surface area contributed by atoms with Crippen molar-refractivity contribution in [3.05, 3.63) is 54.1 Å². The molecule has 7 nitrogen and oxygen atoms in total. The van der Waals surface area contributed by atoms with Crippen LogP contribution >= 0.6 is 0 Å². The lowest BCUT2D eigenvalue weighted by molar-refractivity contribution is -0.116. The monoisotopic (exact) mass is 376 g/mol. The van der Waals surface area contributed by atoms with E-state index in [1.807, 2.05) is 30.3 Å². The molecule has 0 saturated carbocycles.